The third-order valence-corrected chi connectivity index (χ3v) is 3.67. The summed E-state index contributed by atoms with van der Waals surface area (Å²) in [6, 6.07) is 15.8. The quantitative estimate of drug-likeness (QED) is 0.562. The molecule has 0 saturated heterocycles. The summed E-state index contributed by atoms with van der Waals surface area (Å²) in [7, 11) is 0. The summed E-state index contributed by atoms with van der Waals surface area (Å²) in [5.41, 5.74) is 5.11. The lowest BCUT2D eigenvalue weighted by Crippen LogP contribution is -2.08. The van der Waals surface area contributed by atoms with Crippen LogP contribution in [-0.2, 0) is 0 Å². The van der Waals surface area contributed by atoms with E-state index in [1.165, 1.54) is 22.9 Å². The zero-order valence-corrected chi connectivity index (χ0v) is 13.1. The second-order valence-electron chi connectivity index (χ2n) is 5.00. The van der Waals surface area contributed by atoms with Crippen molar-refractivity contribution in [2.45, 2.75) is 0 Å². The van der Waals surface area contributed by atoms with E-state index in [2.05, 4.69) is 11.5 Å². The molecule has 2 aromatic carbocycles. The van der Waals surface area contributed by atoms with Crippen LogP contribution in [0.3, 0.4) is 0 Å². The van der Waals surface area contributed by atoms with Gasteiger partial charge in [0, 0.05) is 29.0 Å². The minimum atomic E-state index is -0.495. The van der Waals surface area contributed by atoms with Gasteiger partial charge in [0.2, 0.25) is 0 Å². The first kappa shape index (κ1) is 15.6. The van der Waals surface area contributed by atoms with Crippen LogP contribution in [0, 0.1) is 21.4 Å². The normalized spacial score (nSPS) is 10.2. The Hall–Kier alpha value is -3.30. The van der Waals surface area contributed by atoms with E-state index in [4.69, 9.17) is 11.6 Å². The SMILES string of the molecule is N#Cc1cn(Nc2cc(Cl)ccc2[N+](=O)[O-])cc1-c1ccccc1. The monoisotopic (exact) mass is 338 g/mol. The van der Waals surface area contributed by atoms with Gasteiger partial charge < -0.3 is 0 Å². The second-order valence-corrected chi connectivity index (χ2v) is 5.44. The molecule has 3 rings (SSSR count). The van der Waals surface area contributed by atoms with Gasteiger partial charge in [0.1, 0.15) is 11.8 Å². The molecule has 6 nitrogen and oxygen atoms in total. The number of halogens is 1. The molecule has 0 atom stereocenters. The highest BCUT2D eigenvalue weighted by Gasteiger charge is 2.15. The van der Waals surface area contributed by atoms with Crippen LogP contribution >= 0.6 is 11.6 Å². The number of anilines is 1. The highest BCUT2D eigenvalue weighted by atomic mass is 35.5. The average Bonchev–Trinajstić information content (AvgIpc) is 2.98. The maximum atomic E-state index is 11.1. The summed E-state index contributed by atoms with van der Waals surface area (Å²) >= 11 is 5.92. The van der Waals surface area contributed by atoms with Gasteiger partial charge in [-0.15, -0.1) is 0 Å². The molecule has 0 aliphatic heterocycles. The van der Waals surface area contributed by atoms with Gasteiger partial charge in [-0.2, -0.15) is 5.26 Å². The van der Waals surface area contributed by atoms with Crippen molar-refractivity contribution in [3.8, 4) is 17.2 Å². The lowest BCUT2D eigenvalue weighted by atomic mass is 10.1. The first-order valence-corrected chi connectivity index (χ1v) is 7.35. The summed E-state index contributed by atoms with van der Waals surface area (Å²) in [6.45, 7) is 0. The van der Waals surface area contributed by atoms with E-state index in [9.17, 15) is 15.4 Å². The molecule has 0 saturated carbocycles. The number of nitrogens with one attached hydrogen (secondary N) is 1. The molecule has 0 aliphatic rings. The van der Waals surface area contributed by atoms with Crippen LogP contribution in [-0.4, -0.2) is 9.60 Å². The lowest BCUT2D eigenvalue weighted by molar-refractivity contribution is -0.384. The van der Waals surface area contributed by atoms with Crippen molar-refractivity contribution in [3.63, 3.8) is 0 Å². The van der Waals surface area contributed by atoms with Crippen LogP contribution in [0.4, 0.5) is 11.4 Å². The van der Waals surface area contributed by atoms with E-state index in [0.717, 1.165) is 11.1 Å². The molecule has 24 heavy (non-hydrogen) atoms. The molecule has 3 aromatic rings. The lowest BCUT2D eigenvalue weighted by Gasteiger charge is -2.08. The van der Waals surface area contributed by atoms with Crippen LogP contribution in [0.1, 0.15) is 5.56 Å². The second kappa shape index (κ2) is 6.44. The molecule has 0 fully saturated rings. The van der Waals surface area contributed by atoms with Crippen molar-refractivity contribution >= 4 is 23.0 Å². The maximum absolute atomic E-state index is 11.1. The zero-order chi connectivity index (χ0) is 17.1. The van der Waals surface area contributed by atoms with Crippen molar-refractivity contribution in [2.24, 2.45) is 0 Å². The van der Waals surface area contributed by atoms with Crippen molar-refractivity contribution < 1.29 is 4.92 Å². The Balaban J connectivity index is 2.01. The minimum absolute atomic E-state index is 0.104. The molecule has 0 amide bonds. The van der Waals surface area contributed by atoms with E-state index < -0.39 is 4.92 Å². The molecule has 0 radical (unpaired) electrons. The van der Waals surface area contributed by atoms with Gasteiger partial charge in [0.05, 0.1) is 10.5 Å². The number of nitro groups is 1. The van der Waals surface area contributed by atoms with Crippen LogP contribution in [0.5, 0.6) is 0 Å². The Kier molecular flexibility index (Phi) is 4.18. The summed E-state index contributed by atoms with van der Waals surface area (Å²) in [5, 5.41) is 20.8. The van der Waals surface area contributed by atoms with Crippen molar-refractivity contribution in [1.82, 2.24) is 4.68 Å². The molecule has 0 bridgehead atoms. The Morgan fingerprint density at radius 1 is 1.17 bits per heavy atom. The van der Waals surface area contributed by atoms with Crippen molar-refractivity contribution in [1.29, 1.82) is 5.26 Å². The van der Waals surface area contributed by atoms with Gasteiger partial charge in [0.15, 0.2) is 0 Å². The standard InChI is InChI=1S/C17H11ClN4O2/c18-14-6-7-17(22(23)24)16(8-14)20-21-10-13(9-19)15(11-21)12-4-2-1-3-5-12/h1-8,10-11,20H. The Labute approximate surface area is 142 Å². The van der Waals surface area contributed by atoms with Crippen molar-refractivity contribution in [2.75, 3.05) is 5.43 Å². The van der Waals surface area contributed by atoms with E-state index >= 15 is 0 Å². The molecule has 0 aliphatic carbocycles. The Morgan fingerprint density at radius 3 is 2.58 bits per heavy atom. The predicted octanol–water partition coefficient (Wildman–Crippen LogP) is 4.46. The molecule has 0 spiro atoms. The number of nitrogens with zero attached hydrogens (tertiary/aromatic N) is 3. The van der Waals surface area contributed by atoms with Crippen LogP contribution in [0.15, 0.2) is 60.9 Å². The number of nitriles is 1. The minimum Gasteiger partial charge on any atom is -0.288 e. The molecule has 1 aromatic heterocycles. The smallest absolute Gasteiger partial charge is 0.288 e. The van der Waals surface area contributed by atoms with E-state index in [1.807, 2.05) is 30.3 Å². The van der Waals surface area contributed by atoms with E-state index in [0.29, 0.717) is 10.6 Å². The van der Waals surface area contributed by atoms with Crippen LogP contribution < -0.4 is 5.43 Å². The van der Waals surface area contributed by atoms with Gasteiger partial charge in [-0.3, -0.25) is 20.2 Å². The van der Waals surface area contributed by atoms with E-state index in [-0.39, 0.29) is 11.4 Å². The summed E-state index contributed by atoms with van der Waals surface area (Å²) < 4.78 is 1.51. The highest BCUT2D eigenvalue weighted by molar-refractivity contribution is 6.31. The van der Waals surface area contributed by atoms with Gasteiger partial charge >= 0.3 is 0 Å². The highest BCUT2D eigenvalue weighted by Crippen LogP contribution is 2.29. The number of nitro benzene ring substituents is 1. The number of hydrogen-bond acceptors (Lipinski definition) is 4. The fourth-order valence-corrected chi connectivity index (χ4v) is 2.52. The van der Waals surface area contributed by atoms with Crippen LogP contribution in [0.2, 0.25) is 5.02 Å². The Morgan fingerprint density at radius 2 is 1.92 bits per heavy atom. The molecular formula is C17H11ClN4O2. The molecule has 1 heterocycles. The summed E-state index contributed by atoms with van der Waals surface area (Å²) in [4.78, 5) is 10.6. The number of rotatable bonds is 4. The average molecular weight is 339 g/mol. The van der Waals surface area contributed by atoms with Gasteiger partial charge in [-0.25, -0.2) is 0 Å². The zero-order valence-electron chi connectivity index (χ0n) is 12.3. The molecule has 7 heteroatoms. The topological polar surface area (TPSA) is 83.9 Å². The summed E-state index contributed by atoms with van der Waals surface area (Å²) in [6.07, 6.45) is 3.28. The third-order valence-electron chi connectivity index (χ3n) is 3.44. The number of benzene rings is 2. The Bertz CT molecular complexity index is 945. The van der Waals surface area contributed by atoms with E-state index in [1.54, 1.807) is 12.4 Å². The molecule has 118 valence electrons. The van der Waals surface area contributed by atoms with Crippen molar-refractivity contribution in [3.05, 3.63) is 81.6 Å². The third kappa shape index (κ3) is 3.07. The largest absolute Gasteiger partial charge is 0.294 e. The fourth-order valence-electron chi connectivity index (χ4n) is 2.35. The summed E-state index contributed by atoms with van der Waals surface area (Å²) in [5.74, 6) is 0. The predicted molar refractivity (Wildman–Crippen MR) is 91.7 cm³/mol. The fraction of sp³-hybridized carbons (Fsp3) is 0. The first-order chi connectivity index (χ1) is 11.6. The van der Waals surface area contributed by atoms with Crippen LogP contribution in [0.25, 0.3) is 11.1 Å². The van der Waals surface area contributed by atoms with Gasteiger partial charge in [0.25, 0.3) is 5.69 Å². The number of aromatic nitrogens is 1. The molecular weight excluding hydrogens is 328 g/mol. The first-order valence-electron chi connectivity index (χ1n) is 6.97. The number of hydrogen-bond donors (Lipinski definition) is 1. The van der Waals surface area contributed by atoms with Gasteiger partial charge in [-0.05, 0) is 17.7 Å². The molecule has 1 N–H and O–H groups in total. The van der Waals surface area contributed by atoms with Gasteiger partial charge in [-0.1, -0.05) is 41.9 Å². The maximum Gasteiger partial charge on any atom is 0.294 e. The molecule has 0 unspecified atom stereocenters.